The van der Waals surface area contributed by atoms with Gasteiger partial charge in [-0.2, -0.15) is 0 Å². The summed E-state index contributed by atoms with van der Waals surface area (Å²) in [6.07, 6.45) is 6.26. The van der Waals surface area contributed by atoms with Crippen molar-refractivity contribution in [1.82, 2.24) is 0 Å². The molecule has 0 aromatic rings. The number of hydrogen-bond donors (Lipinski definition) is 1. The van der Waals surface area contributed by atoms with Gasteiger partial charge in [0.05, 0.1) is 20.3 Å². The Hall–Kier alpha value is -1.62. The predicted molar refractivity (Wildman–Crippen MR) is 59.9 cm³/mol. The summed E-state index contributed by atoms with van der Waals surface area (Å²) in [5, 5.41) is 9.59. The van der Waals surface area contributed by atoms with Crippen molar-refractivity contribution in [1.29, 1.82) is 0 Å². The van der Waals surface area contributed by atoms with E-state index in [2.05, 4.69) is 9.47 Å². The van der Waals surface area contributed by atoms with Crippen LogP contribution in [0.15, 0.2) is 24.3 Å². The van der Waals surface area contributed by atoms with Crippen molar-refractivity contribution in [2.75, 3.05) is 14.2 Å². The van der Waals surface area contributed by atoms with Gasteiger partial charge >= 0.3 is 11.9 Å². The average molecular weight is 240 g/mol. The van der Waals surface area contributed by atoms with Crippen LogP contribution in [0.5, 0.6) is 0 Å². The highest BCUT2D eigenvalue weighted by molar-refractivity contribution is 5.95. The number of carbonyl (C=O) groups is 2. The quantitative estimate of drug-likeness (QED) is 0.572. The first kappa shape index (κ1) is 13.4. The number of rotatable bonds is 3. The topological polar surface area (TPSA) is 72.8 Å². The molecule has 1 N–H and O–H groups in total. The Labute approximate surface area is 99.7 Å². The molecule has 0 saturated carbocycles. The van der Waals surface area contributed by atoms with E-state index < -0.39 is 29.9 Å². The van der Waals surface area contributed by atoms with E-state index in [0.29, 0.717) is 0 Å². The van der Waals surface area contributed by atoms with E-state index in [1.807, 2.05) is 0 Å². The van der Waals surface area contributed by atoms with E-state index in [1.165, 1.54) is 14.2 Å². The third-order valence-corrected chi connectivity index (χ3v) is 2.65. The van der Waals surface area contributed by atoms with Gasteiger partial charge in [-0.1, -0.05) is 24.3 Å². The average Bonchev–Trinajstić information content (AvgIpc) is 2.53. The van der Waals surface area contributed by atoms with Crippen LogP contribution in [0.1, 0.15) is 6.42 Å². The zero-order valence-corrected chi connectivity index (χ0v) is 9.83. The molecule has 0 bridgehead atoms. The third-order valence-electron chi connectivity index (χ3n) is 2.65. The summed E-state index contributed by atoms with van der Waals surface area (Å²) < 4.78 is 9.18. The summed E-state index contributed by atoms with van der Waals surface area (Å²) in [6.45, 7) is 0. The highest BCUT2D eigenvalue weighted by Crippen LogP contribution is 2.24. The van der Waals surface area contributed by atoms with Crippen LogP contribution in [0.3, 0.4) is 0 Å². The van der Waals surface area contributed by atoms with Crippen LogP contribution in [0.25, 0.3) is 0 Å². The molecule has 0 amide bonds. The lowest BCUT2D eigenvalue weighted by Gasteiger charge is -2.20. The molecule has 1 aliphatic rings. The molecule has 0 saturated heterocycles. The fraction of sp³-hybridized carbons (Fsp3) is 0.500. The molecule has 0 aliphatic heterocycles. The summed E-state index contributed by atoms with van der Waals surface area (Å²) in [4.78, 5) is 23.1. The lowest BCUT2D eigenvalue weighted by molar-refractivity contribution is -0.161. The van der Waals surface area contributed by atoms with Gasteiger partial charge in [0, 0.05) is 5.92 Å². The molecular formula is C12H16O5. The number of aliphatic hydroxyl groups excluding tert-OH is 1. The molecule has 0 unspecified atom stereocenters. The van der Waals surface area contributed by atoms with Gasteiger partial charge in [-0.05, 0) is 6.42 Å². The first-order valence-electron chi connectivity index (χ1n) is 5.29. The van der Waals surface area contributed by atoms with Gasteiger partial charge in [-0.15, -0.1) is 0 Å². The Morgan fingerprint density at radius 3 is 2.24 bits per heavy atom. The zero-order valence-electron chi connectivity index (χ0n) is 9.83. The van der Waals surface area contributed by atoms with Crippen molar-refractivity contribution in [2.45, 2.75) is 12.5 Å². The second kappa shape index (κ2) is 6.20. The minimum absolute atomic E-state index is 0.280. The molecule has 1 rings (SSSR count). The fourth-order valence-corrected chi connectivity index (χ4v) is 1.78. The SMILES string of the molecule is COC(=O)C(C(=O)OC)[C@@H]1C=CC=C[C@H](O)C1. The van der Waals surface area contributed by atoms with Gasteiger partial charge < -0.3 is 14.6 Å². The Balaban J connectivity index is 2.90. The molecule has 0 aromatic carbocycles. The summed E-state index contributed by atoms with van der Waals surface area (Å²) >= 11 is 0. The van der Waals surface area contributed by atoms with Crippen molar-refractivity contribution < 1.29 is 24.2 Å². The Morgan fingerprint density at radius 2 is 1.71 bits per heavy atom. The summed E-state index contributed by atoms with van der Waals surface area (Å²) in [5.74, 6) is -2.77. The maximum absolute atomic E-state index is 11.6. The molecule has 5 heteroatoms. The number of esters is 2. The van der Waals surface area contributed by atoms with E-state index in [9.17, 15) is 14.7 Å². The van der Waals surface area contributed by atoms with Gasteiger partial charge in [0.15, 0.2) is 5.92 Å². The van der Waals surface area contributed by atoms with Crippen LogP contribution in [-0.4, -0.2) is 37.4 Å². The number of ether oxygens (including phenoxy) is 2. The molecule has 0 fully saturated rings. The predicted octanol–water partition coefficient (Wildman–Crippen LogP) is 0.442. The molecule has 17 heavy (non-hydrogen) atoms. The van der Waals surface area contributed by atoms with Crippen molar-refractivity contribution in [3.05, 3.63) is 24.3 Å². The number of carbonyl (C=O) groups excluding carboxylic acids is 2. The maximum Gasteiger partial charge on any atom is 0.320 e. The van der Waals surface area contributed by atoms with E-state index in [1.54, 1.807) is 24.3 Å². The number of allylic oxidation sites excluding steroid dienone is 3. The maximum atomic E-state index is 11.6. The standard InChI is InChI=1S/C12H16O5/c1-16-11(14)10(12(15)17-2)8-5-3-4-6-9(13)7-8/h3-6,8-10,13H,7H2,1-2H3/t8-,9+/m1/s1. The normalized spacial score (nSPS) is 23.3. The molecule has 5 nitrogen and oxygen atoms in total. The molecule has 0 heterocycles. The van der Waals surface area contributed by atoms with Crippen LogP contribution >= 0.6 is 0 Å². The molecule has 1 aliphatic carbocycles. The van der Waals surface area contributed by atoms with Gasteiger partial charge in [-0.25, -0.2) is 0 Å². The number of aliphatic hydroxyl groups is 1. The van der Waals surface area contributed by atoms with Crippen LogP contribution < -0.4 is 0 Å². The number of methoxy groups -OCH3 is 2. The molecule has 0 radical (unpaired) electrons. The Morgan fingerprint density at radius 1 is 1.18 bits per heavy atom. The molecule has 2 atom stereocenters. The van der Waals surface area contributed by atoms with E-state index in [0.717, 1.165) is 0 Å². The van der Waals surface area contributed by atoms with Gasteiger partial charge in [0.25, 0.3) is 0 Å². The van der Waals surface area contributed by atoms with E-state index in [-0.39, 0.29) is 6.42 Å². The lowest BCUT2D eigenvalue weighted by Crippen LogP contribution is -2.34. The Bertz CT molecular complexity index is 329. The zero-order chi connectivity index (χ0) is 12.8. The van der Waals surface area contributed by atoms with Crippen molar-refractivity contribution >= 4 is 11.9 Å². The smallest absolute Gasteiger partial charge is 0.320 e. The van der Waals surface area contributed by atoms with E-state index >= 15 is 0 Å². The summed E-state index contributed by atoms with van der Waals surface area (Å²) in [7, 11) is 2.43. The minimum Gasteiger partial charge on any atom is -0.468 e. The van der Waals surface area contributed by atoms with Crippen molar-refractivity contribution in [3.8, 4) is 0 Å². The first-order chi connectivity index (χ1) is 8.10. The molecule has 0 spiro atoms. The highest BCUT2D eigenvalue weighted by atomic mass is 16.5. The second-order valence-corrected chi connectivity index (χ2v) is 3.76. The molecule has 0 aromatic heterocycles. The van der Waals surface area contributed by atoms with Gasteiger partial charge in [-0.3, -0.25) is 9.59 Å². The van der Waals surface area contributed by atoms with Crippen LogP contribution in [0, 0.1) is 11.8 Å². The fourth-order valence-electron chi connectivity index (χ4n) is 1.78. The minimum atomic E-state index is -1.03. The summed E-state index contributed by atoms with van der Waals surface area (Å²) in [5.41, 5.74) is 0. The van der Waals surface area contributed by atoms with Crippen LogP contribution in [0.2, 0.25) is 0 Å². The third kappa shape index (κ3) is 3.42. The monoisotopic (exact) mass is 240 g/mol. The van der Waals surface area contributed by atoms with Crippen molar-refractivity contribution in [3.63, 3.8) is 0 Å². The van der Waals surface area contributed by atoms with Gasteiger partial charge in [0.2, 0.25) is 0 Å². The molecule has 94 valence electrons. The molecular weight excluding hydrogens is 224 g/mol. The first-order valence-corrected chi connectivity index (χ1v) is 5.29. The lowest BCUT2D eigenvalue weighted by atomic mass is 9.88. The van der Waals surface area contributed by atoms with E-state index in [4.69, 9.17) is 0 Å². The largest absolute Gasteiger partial charge is 0.468 e. The Kier molecular flexibility index (Phi) is 4.90. The summed E-state index contributed by atoms with van der Waals surface area (Å²) in [6, 6.07) is 0. The van der Waals surface area contributed by atoms with Gasteiger partial charge in [0.1, 0.15) is 0 Å². The number of hydrogen-bond acceptors (Lipinski definition) is 5. The van der Waals surface area contributed by atoms with Crippen LogP contribution in [-0.2, 0) is 19.1 Å². The van der Waals surface area contributed by atoms with Crippen LogP contribution in [0.4, 0.5) is 0 Å². The highest BCUT2D eigenvalue weighted by Gasteiger charge is 2.36. The van der Waals surface area contributed by atoms with Crippen molar-refractivity contribution in [2.24, 2.45) is 11.8 Å². The second-order valence-electron chi connectivity index (χ2n) is 3.76.